The number of hydrogen-bond acceptors (Lipinski definition) is 5. The van der Waals surface area contributed by atoms with Crippen molar-refractivity contribution in [3.8, 4) is 0 Å². The van der Waals surface area contributed by atoms with Gasteiger partial charge >= 0.3 is 0 Å². The predicted molar refractivity (Wildman–Crippen MR) is 74.3 cm³/mol. The SMILES string of the molecule is CCc1c(NN)ncnc1NC1CCCC1(C)C. The molecular weight excluding hydrogens is 226 g/mol. The molecule has 1 aromatic rings. The molecule has 0 amide bonds. The number of aromatic nitrogens is 2. The molecule has 0 aliphatic heterocycles. The van der Waals surface area contributed by atoms with Crippen molar-refractivity contribution in [2.45, 2.75) is 52.5 Å². The maximum Gasteiger partial charge on any atom is 0.148 e. The number of anilines is 2. The molecule has 0 aromatic carbocycles. The van der Waals surface area contributed by atoms with Gasteiger partial charge in [-0.1, -0.05) is 27.2 Å². The van der Waals surface area contributed by atoms with Gasteiger partial charge in [-0.25, -0.2) is 15.8 Å². The largest absolute Gasteiger partial charge is 0.366 e. The van der Waals surface area contributed by atoms with Crippen molar-refractivity contribution in [1.29, 1.82) is 0 Å². The first-order valence-electron chi connectivity index (χ1n) is 6.65. The van der Waals surface area contributed by atoms with Crippen molar-refractivity contribution in [3.63, 3.8) is 0 Å². The molecule has 18 heavy (non-hydrogen) atoms. The summed E-state index contributed by atoms with van der Waals surface area (Å²) in [5.74, 6) is 7.12. The van der Waals surface area contributed by atoms with E-state index in [2.05, 4.69) is 41.5 Å². The highest BCUT2D eigenvalue weighted by Gasteiger charge is 2.34. The lowest BCUT2D eigenvalue weighted by molar-refractivity contribution is 0.349. The van der Waals surface area contributed by atoms with Gasteiger partial charge in [-0.3, -0.25) is 0 Å². The van der Waals surface area contributed by atoms with Crippen LogP contribution in [0.2, 0.25) is 0 Å². The maximum atomic E-state index is 5.49. The van der Waals surface area contributed by atoms with Crippen LogP contribution in [0.15, 0.2) is 6.33 Å². The smallest absolute Gasteiger partial charge is 0.148 e. The fourth-order valence-electron chi connectivity index (χ4n) is 2.76. The third-order valence-electron chi connectivity index (χ3n) is 4.00. The maximum absolute atomic E-state index is 5.49. The van der Waals surface area contributed by atoms with Gasteiger partial charge in [0.2, 0.25) is 0 Å². The highest BCUT2D eigenvalue weighted by atomic mass is 15.3. The van der Waals surface area contributed by atoms with Crippen molar-refractivity contribution >= 4 is 11.6 Å². The molecule has 4 N–H and O–H groups in total. The molecule has 5 heteroatoms. The summed E-state index contributed by atoms with van der Waals surface area (Å²) in [5.41, 5.74) is 4.03. The van der Waals surface area contributed by atoms with E-state index in [9.17, 15) is 0 Å². The molecule has 1 heterocycles. The van der Waals surface area contributed by atoms with Crippen LogP contribution in [0.4, 0.5) is 11.6 Å². The molecule has 1 atom stereocenters. The van der Waals surface area contributed by atoms with Gasteiger partial charge in [-0.15, -0.1) is 0 Å². The number of nitrogens with one attached hydrogen (secondary N) is 2. The van der Waals surface area contributed by atoms with Gasteiger partial charge in [0, 0.05) is 11.6 Å². The predicted octanol–water partition coefficient (Wildman–Crippen LogP) is 2.32. The molecule has 1 fully saturated rings. The third kappa shape index (κ3) is 2.41. The number of nitrogens with zero attached hydrogens (tertiary/aromatic N) is 2. The number of rotatable bonds is 4. The zero-order valence-electron chi connectivity index (χ0n) is 11.5. The van der Waals surface area contributed by atoms with E-state index in [1.54, 1.807) is 6.33 Å². The number of hydrogen-bond donors (Lipinski definition) is 3. The monoisotopic (exact) mass is 249 g/mol. The average Bonchev–Trinajstić information content (AvgIpc) is 2.68. The summed E-state index contributed by atoms with van der Waals surface area (Å²) < 4.78 is 0. The molecule has 5 nitrogen and oxygen atoms in total. The molecule has 1 unspecified atom stereocenters. The second kappa shape index (κ2) is 5.10. The summed E-state index contributed by atoms with van der Waals surface area (Å²) in [7, 11) is 0. The van der Waals surface area contributed by atoms with Crippen LogP contribution in [-0.2, 0) is 6.42 Å². The highest BCUT2D eigenvalue weighted by Crippen LogP contribution is 2.39. The summed E-state index contributed by atoms with van der Waals surface area (Å²) in [6.45, 7) is 6.71. The van der Waals surface area contributed by atoms with Gasteiger partial charge in [-0.05, 0) is 24.7 Å². The van der Waals surface area contributed by atoms with Gasteiger partial charge in [0.15, 0.2) is 0 Å². The highest BCUT2D eigenvalue weighted by molar-refractivity contribution is 5.57. The third-order valence-corrected chi connectivity index (χ3v) is 4.00. The molecule has 0 spiro atoms. The van der Waals surface area contributed by atoms with E-state index in [0.717, 1.165) is 17.8 Å². The molecule has 1 aliphatic carbocycles. The molecule has 1 saturated carbocycles. The van der Waals surface area contributed by atoms with Crippen LogP contribution >= 0.6 is 0 Å². The van der Waals surface area contributed by atoms with Gasteiger partial charge in [0.1, 0.15) is 18.0 Å². The lowest BCUT2D eigenvalue weighted by atomic mass is 9.87. The first kappa shape index (κ1) is 13.1. The van der Waals surface area contributed by atoms with Crippen LogP contribution in [0, 0.1) is 5.41 Å². The molecule has 0 saturated heterocycles. The van der Waals surface area contributed by atoms with Crippen molar-refractivity contribution in [2.75, 3.05) is 10.7 Å². The zero-order valence-corrected chi connectivity index (χ0v) is 11.5. The van der Waals surface area contributed by atoms with Gasteiger partial charge in [-0.2, -0.15) is 0 Å². The molecule has 2 rings (SSSR count). The van der Waals surface area contributed by atoms with Crippen molar-refractivity contribution in [1.82, 2.24) is 9.97 Å². The van der Waals surface area contributed by atoms with E-state index < -0.39 is 0 Å². The lowest BCUT2D eigenvalue weighted by Crippen LogP contribution is -2.31. The number of nitrogen functional groups attached to an aromatic ring is 1. The molecule has 100 valence electrons. The Hall–Kier alpha value is -1.36. The van der Waals surface area contributed by atoms with E-state index in [4.69, 9.17) is 5.84 Å². The van der Waals surface area contributed by atoms with Gasteiger partial charge in [0.05, 0.1) is 0 Å². The quantitative estimate of drug-likeness (QED) is 0.564. The van der Waals surface area contributed by atoms with E-state index in [1.807, 2.05) is 0 Å². The Morgan fingerprint density at radius 1 is 1.39 bits per heavy atom. The Balaban J connectivity index is 2.23. The summed E-state index contributed by atoms with van der Waals surface area (Å²) >= 11 is 0. The van der Waals surface area contributed by atoms with Crippen molar-refractivity contribution < 1.29 is 0 Å². The fourth-order valence-corrected chi connectivity index (χ4v) is 2.76. The van der Waals surface area contributed by atoms with Crippen LogP contribution in [0.5, 0.6) is 0 Å². The summed E-state index contributed by atoms with van der Waals surface area (Å²) in [6, 6.07) is 0.475. The van der Waals surface area contributed by atoms with Crippen LogP contribution < -0.4 is 16.6 Å². The minimum Gasteiger partial charge on any atom is -0.366 e. The minimum atomic E-state index is 0.326. The van der Waals surface area contributed by atoms with Crippen molar-refractivity contribution in [2.24, 2.45) is 11.3 Å². The average molecular weight is 249 g/mol. The standard InChI is InChI=1S/C13H23N5/c1-4-9-11(15-8-16-12(9)18-14)17-10-6-5-7-13(10,2)3/h8,10H,4-7,14H2,1-3H3,(H2,15,16,17,18). The van der Waals surface area contributed by atoms with E-state index >= 15 is 0 Å². The summed E-state index contributed by atoms with van der Waals surface area (Å²) in [5, 5.41) is 3.58. The van der Waals surface area contributed by atoms with E-state index in [1.165, 1.54) is 19.3 Å². The van der Waals surface area contributed by atoms with Crippen LogP contribution in [0.3, 0.4) is 0 Å². The Bertz CT molecular complexity index is 416. The lowest BCUT2D eigenvalue weighted by Gasteiger charge is -2.29. The molecule has 1 aliphatic rings. The minimum absolute atomic E-state index is 0.326. The molecule has 0 radical (unpaired) electrons. The van der Waals surface area contributed by atoms with Crippen molar-refractivity contribution in [3.05, 3.63) is 11.9 Å². The van der Waals surface area contributed by atoms with Gasteiger partial charge < -0.3 is 10.7 Å². The van der Waals surface area contributed by atoms with E-state index in [-0.39, 0.29) is 0 Å². The Morgan fingerprint density at radius 2 is 2.11 bits per heavy atom. The van der Waals surface area contributed by atoms with Crippen LogP contribution in [0.25, 0.3) is 0 Å². The normalized spacial score (nSPS) is 21.9. The van der Waals surface area contributed by atoms with Crippen LogP contribution in [0.1, 0.15) is 45.6 Å². The zero-order chi connectivity index (χ0) is 13.2. The number of nitrogens with two attached hydrogens (primary N) is 1. The fraction of sp³-hybridized carbons (Fsp3) is 0.692. The Kier molecular flexibility index (Phi) is 3.71. The first-order chi connectivity index (χ1) is 8.58. The molecular formula is C13H23N5. The summed E-state index contributed by atoms with van der Waals surface area (Å²) in [6.07, 6.45) is 6.15. The Morgan fingerprint density at radius 3 is 2.67 bits per heavy atom. The summed E-state index contributed by atoms with van der Waals surface area (Å²) in [4.78, 5) is 8.52. The molecule has 0 bridgehead atoms. The molecule has 1 aromatic heterocycles. The number of hydrazine groups is 1. The van der Waals surface area contributed by atoms with Gasteiger partial charge in [0.25, 0.3) is 0 Å². The van der Waals surface area contributed by atoms with Crippen LogP contribution in [-0.4, -0.2) is 16.0 Å². The second-order valence-electron chi connectivity index (χ2n) is 5.63. The topological polar surface area (TPSA) is 75.9 Å². The first-order valence-corrected chi connectivity index (χ1v) is 6.65. The Labute approximate surface area is 109 Å². The van der Waals surface area contributed by atoms with E-state index in [0.29, 0.717) is 17.3 Å². The second-order valence-corrected chi connectivity index (χ2v) is 5.63.